The van der Waals surface area contributed by atoms with E-state index in [2.05, 4.69) is 10.6 Å². The van der Waals surface area contributed by atoms with E-state index in [1.807, 2.05) is 0 Å². The van der Waals surface area contributed by atoms with E-state index in [0.29, 0.717) is 17.7 Å². The molecule has 1 saturated heterocycles. The van der Waals surface area contributed by atoms with Crippen molar-refractivity contribution in [3.8, 4) is 11.1 Å². The first-order valence-corrected chi connectivity index (χ1v) is 9.87. The van der Waals surface area contributed by atoms with Gasteiger partial charge in [-0.15, -0.1) is 0 Å². The second-order valence-electron chi connectivity index (χ2n) is 7.61. The minimum Gasteiger partial charge on any atom is -0.375 e. The van der Waals surface area contributed by atoms with Crippen molar-refractivity contribution in [2.75, 3.05) is 25.6 Å². The molecule has 0 bridgehead atoms. The van der Waals surface area contributed by atoms with Crippen molar-refractivity contribution in [3.05, 3.63) is 53.6 Å². The number of nitrogens with zero attached hydrogens (tertiary/aromatic N) is 1. The first kappa shape index (κ1) is 20.9. The van der Waals surface area contributed by atoms with Gasteiger partial charge in [0.2, 0.25) is 11.8 Å². The van der Waals surface area contributed by atoms with E-state index < -0.39 is 17.7 Å². The Labute approximate surface area is 177 Å². The normalized spacial score (nSPS) is 20.4. The van der Waals surface area contributed by atoms with Gasteiger partial charge in [0, 0.05) is 31.3 Å². The highest BCUT2D eigenvalue weighted by atomic mass is 19.1. The van der Waals surface area contributed by atoms with Crippen molar-refractivity contribution >= 4 is 23.4 Å². The maximum absolute atomic E-state index is 14.2. The van der Waals surface area contributed by atoms with Crippen LogP contribution in [0.15, 0.2) is 36.4 Å². The fourth-order valence-corrected chi connectivity index (χ4v) is 4.08. The van der Waals surface area contributed by atoms with Crippen LogP contribution in [0.2, 0.25) is 0 Å². The molecule has 2 aliphatic heterocycles. The largest absolute Gasteiger partial charge is 0.375 e. The molecule has 0 saturated carbocycles. The Morgan fingerprint density at radius 2 is 2.00 bits per heavy atom. The number of nitrogens with one attached hydrogen (secondary N) is 2. The summed E-state index contributed by atoms with van der Waals surface area (Å²) in [7, 11) is 1.42. The highest BCUT2D eigenvalue weighted by molar-refractivity contribution is 6.10. The Bertz CT molecular complexity index is 1060. The first-order valence-electron chi connectivity index (χ1n) is 9.87. The lowest BCUT2D eigenvalue weighted by molar-refractivity contribution is -0.127. The highest BCUT2D eigenvalue weighted by Gasteiger charge is 2.40. The van der Waals surface area contributed by atoms with Crippen LogP contribution in [0.3, 0.4) is 0 Å². The second kappa shape index (κ2) is 8.43. The van der Waals surface area contributed by atoms with Crippen LogP contribution in [0.25, 0.3) is 11.1 Å². The Hall–Kier alpha value is -3.33. The molecule has 9 heteroatoms. The lowest BCUT2D eigenvalue weighted by Gasteiger charge is -2.37. The van der Waals surface area contributed by atoms with Gasteiger partial charge in [0.1, 0.15) is 24.3 Å². The lowest BCUT2D eigenvalue weighted by Crippen LogP contribution is -2.55. The zero-order chi connectivity index (χ0) is 22.1. The van der Waals surface area contributed by atoms with Gasteiger partial charge in [0.15, 0.2) is 0 Å². The van der Waals surface area contributed by atoms with E-state index in [9.17, 15) is 23.2 Å². The smallest absolute Gasteiger partial charge is 0.256 e. The van der Waals surface area contributed by atoms with Crippen molar-refractivity contribution < 1.29 is 27.9 Å². The third-order valence-corrected chi connectivity index (χ3v) is 5.56. The molecule has 31 heavy (non-hydrogen) atoms. The molecule has 4 rings (SSSR count). The van der Waals surface area contributed by atoms with Crippen molar-refractivity contribution in [3.63, 3.8) is 0 Å². The molecular formula is C22H21F2N3O4. The molecule has 2 aliphatic rings. The number of halogens is 2. The van der Waals surface area contributed by atoms with Gasteiger partial charge in [0.25, 0.3) is 5.91 Å². The summed E-state index contributed by atoms with van der Waals surface area (Å²) in [5.74, 6) is -2.42. The van der Waals surface area contributed by atoms with Crippen LogP contribution in [-0.4, -0.2) is 55.0 Å². The van der Waals surface area contributed by atoms with Gasteiger partial charge < -0.3 is 20.3 Å². The van der Waals surface area contributed by atoms with Crippen LogP contribution < -0.4 is 10.6 Å². The summed E-state index contributed by atoms with van der Waals surface area (Å²) < 4.78 is 32.3. The van der Waals surface area contributed by atoms with Gasteiger partial charge in [-0.05, 0) is 42.7 Å². The molecule has 2 heterocycles. The number of rotatable bonds is 4. The standard InChI is InChI=1S/C22H21F2N3O4/c1-31-11-20(28)25-14-6-7-27-19(10-14)21(29)26-18-5-2-12(8-16(18)22(27)30)15-4-3-13(23)9-17(15)24/h2-5,8-9,14,19H,6-7,10-11H2,1H3,(H,25,28)(H,26,29)/t14-,19+/m1/s1. The summed E-state index contributed by atoms with van der Waals surface area (Å²) in [6, 6.07) is 6.85. The van der Waals surface area contributed by atoms with Crippen LogP contribution >= 0.6 is 0 Å². The molecule has 7 nitrogen and oxygen atoms in total. The molecule has 1 fully saturated rings. The van der Waals surface area contributed by atoms with E-state index in [0.717, 1.165) is 12.1 Å². The molecule has 2 aromatic rings. The van der Waals surface area contributed by atoms with Gasteiger partial charge >= 0.3 is 0 Å². The van der Waals surface area contributed by atoms with E-state index in [1.54, 1.807) is 12.1 Å². The third-order valence-electron chi connectivity index (χ3n) is 5.56. The third kappa shape index (κ3) is 4.13. The van der Waals surface area contributed by atoms with Crippen LogP contribution in [0, 0.1) is 11.6 Å². The number of methoxy groups -OCH3 is 1. The molecule has 0 unspecified atom stereocenters. The Kier molecular flexibility index (Phi) is 5.69. The number of amides is 3. The first-order chi connectivity index (χ1) is 14.9. The summed E-state index contributed by atoms with van der Waals surface area (Å²) in [6.45, 7) is 0.202. The Morgan fingerprint density at radius 1 is 1.19 bits per heavy atom. The topological polar surface area (TPSA) is 87.7 Å². The molecule has 2 atom stereocenters. The van der Waals surface area contributed by atoms with Crippen molar-refractivity contribution in [1.29, 1.82) is 0 Å². The fraction of sp³-hybridized carbons (Fsp3) is 0.318. The molecule has 0 radical (unpaired) electrons. The number of piperidine rings is 1. The molecule has 0 spiro atoms. The van der Waals surface area contributed by atoms with E-state index >= 15 is 0 Å². The number of hydrogen-bond donors (Lipinski definition) is 2. The summed E-state index contributed by atoms with van der Waals surface area (Å²) in [5.41, 5.74) is 1.12. The summed E-state index contributed by atoms with van der Waals surface area (Å²) in [5, 5.41) is 5.58. The number of hydrogen-bond acceptors (Lipinski definition) is 4. The van der Waals surface area contributed by atoms with Crippen molar-refractivity contribution in [2.24, 2.45) is 0 Å². The van der Waals surface area contributed by atoms with Gasteiger partial charge in [0.05, 0.1) is 11.3 Å². The molecule has 2 N–H and O–H groups in total. The average molecular weight is 429 g/mol. The van der Waals surface area contributed by atoms with Crippen LogP contribution in [-0.2, 0) is 14.3 Å². The fourth-order valence-electron chi connectivity index (χ4n) is 4.08. The predicted octanol–water partition coefficient (Wildman–Crippen LogP) is 2.32. The number of benzene rings is 2. The van der Waals surface area contributed by atoms with Crippen molar-refractivity contribution in [2.45, 2.75) is 24.9 Å². The Morgan fingerprint density at radius 3 is 2.74 bits per heavy atom. The van der Waals surface area contributed by atoms with E-state index in [4.69, 9.17) is 4.74 Å². The number of fused-ring (bicyclic) bond motifs is 2. The minimum absolute atomic E-state index is 0.0792. The average Bonchev–Trinajstić information content (AvgIpc) is 2.83. The second-order valence-corrected chi connectivity index (χ2v) is 7.61. The number of carbonyl (C=O) groups excluding carboxylic acids is 3. The lowest BCUT2D eigenvalue weighted by atomic mass is 9.95. The molecular weight excluding hydrogens is 408 g/mol. The molecule has 162 valence electrons. The zero-order valence-electron chi connectivity index (χ0n) is 16.8. The maximum Gasteiger partial charge on any atom is 0.256 e. The maximum atomic E-state index is 14.2. The monoisotopic (exact) mass is 429 g/mol. The zero-order valence-corrected chi connectivity index (χ0v) is 16.8. The number of carbonyl (C=O) groups is 3. The minimum atomic E-state index is -0.743. The van der Waals surface area contributed by atoms with Crippen LogP contribution in [0.4, 0.5) is 14.5 Å². The molecule has 0 aromatic heterocycles. The summed E-state index contributed by atoms with van der Waals surface area (Å²) >= 11 is 0. The highest BCUT2D eigenvalue weighted by Crippen LogP contribution is 2.32. The summed E-state index contributed by atoms with van der Waals surface area (Å²) in [6.07, 6.45) is 0.771. The van der Waals surface area contributed by atoms with Gasteiger partial charge in [-0.2, -0.15) is 0 Å². The summed E-state index contributed by atoms with van der Waals surface area (Å²) in [4.78, 5) is 39.3. The van der Waals surface area contributed by atoms with E-state index in [1.165, 1.54) is 24.1 Å². The number of anilines is 1. The van der Waals surface area contributed by atoms with Crippen molar-refractivity contribution in [1.82, 2.24) is 10.2 Å². The molecule has 3 amide bonds. The Balaban J connectivity index is 1.61. The molecule has 0 aliphatic carbocycles. The van der Waals surface area contributed by atoms with Gasteiger partial charge in [-0.1, -0.05) is 6.07 Å². The van der Waals surface area contributed by atoms with Gasteiger partial charge in [-0.25, -0.2) is 8.78 Å². The van der Waals surface area contributed by atoms with Gasteiger partial charge in [-0.3, -0.25) is 14.4 Å². The molecule has 2 aromatic carbocycles. The van der Waals surface area contributed by atoms with Crippen LogP contribution in [0.1, 0.15) is 23.2 Å². The SMILES string of the molecule is COCC(=O)N[C@@H]1CCN2C(=O)c3cc(-c4ccc(F)cc4F)ccc3NC(=O)[C@@H]2C1. The number of ether oxygens (including phenoxy) is 1. The van der Waals surface area contributed by atoms with Crippen LogP contribution in [0.5, 0.6) is 0 Å². The predicted molar refractivity (Wildman–Crippen MR) is 108 cm³/mol. The van der Waals surface area contributed by atoms with E-state index in [-0.39, 0.29) is 54.5 Å². The quantitative estimate of drug-likeness (QED) is 0.781.